The van der Waals surface area contributed by atoms with Crippen molar-refractivity contribution in [3.63, 3.8) is 0 Å². The van der Waals surface area contributed by atoms with Crippen LogP contribution in [0.2, 0.25) is 20.5 Å². The number of rotatable bonds is 8. The van der Waals surface area contributed by atoms with Gasteiger partial charge in [0.05, 0.1) is 35.0 Å². The molecule has 0 fully saturated rings. The minimum absolute atomic E-state index is 0.840. The second kappa shape index (κ2) is 10.1. The van der Waals surface area contributed by atoms with Gasteiger partial charge >= 0.3 is 0 Å². The normalized spacial score (nSPS) is 8.60. The van der Waals surface area contributed by atoms with Crippen molar-refractivity contribution in [3.05, 3.63) is 0 Å². The van der Waals surface area contributed by atoms with Crippen LogP contribution in [0.3, 0.4) is 0 Å². The molecule has 0 rings (SSSR count). The lowest BCUT2D eigenvalue weighted by Gasteiger charge is -2.18. The Hall–Kier alpha value is 2.11. The monoisotopic (exact) mass is 416 g/mol. The molecule has 0 spiro atoms. The van der Waals surface area contributed by atoms with E-state index in [0.29, 0.717) is 0 Å². The molecule has 12 heteroatoms. The molecule has 0 unspecified atom stereocenters. The van der Waals surface area contributed by atoms with E-state index in [1.807, 2.05) is 0 Å². The fraction of sp³-hybridized carbons (Fsp3) is 1.00. The van der Waals surface area contributed by atoms with Crippen molar-refractivity contribution >= 4 is 110 Å². The van der Waals surface area contributed by atoms with Gasteiger partial charge in [0.25, 0.3) is 0 Å². The molecular weight excluding hydrogens is 398 g/mol. The molecule has 0 aromatic carbocycles. The van der Waals surface area contributed by atoms with Crippen LogP contribution < -0.4 is 0 Å². The highest BCUT2D eigenvalue weighted by Gasteiger charge is 2.29. The Morgan fingerprint density at radius 2 is 1.80 bits per heavy atom. The fourth-order valence-corrected chi connectivity index (χ4v) is 2.96. The summed E-state index contributed by atoms with van der Waals surface area (Å²) in [7, 11) is 7.91. The summed E-state index contributed by atoms with van der Waals surface area (Å²) in [5, 5.41) is 1.32. The zero-order valence-electron chi connectivity index (χ0n) is 10.6. The molecule has 0 atom stereocenters. The van der Waals surface area contributed by atoms with E-state index in [0.717, 1.165) is 23.8 Å². The molecule has 72 valence electrons. The predicted molar refractivity (Wildman–Crippen MR) is 113 cm³/mol. The molecule has 0 bridgehead atoms. The predicted octanol–water partition coefficient (Wildman–Crippen LogP) is -2.16. The third kappa shape index (κ3) is 7.93. The highest BCUT2D eigenvalue weighted by molar-refractivity contribution is 14.1. The van der Waals surface area contributed by atoms with E-state index in [-0.39, 0.29) is 0 Å². The first-order chi connectivity index (χ1) is 7.02. The first kappa shape index (κ1) is 17.1. The van der Waals surface area contributed by atoms with Crippen molar-refractivity contribution in [2.45, 2.75) is 20.5 Å². The lowest BCUT2D eigenvalue weighted by molar-refractivity contribution is 2.06. The molecule has 0 heterocycles. The quantitative estimate of drug-likeness (QED) is 0.314. The average molecular weight is 414 g/mol. The second-order valence-corrected chi connectivity index (χ2v) is 7.65. The van der Waals surface area contributed by atoms with Crippen LogP contribution in [-0.2, 0) is 0 Å². The van der Waals surface area contributed by atoms with Gasteiger partial charge in [0.15, 0.2) is 5.03 Å². The van der Waals surface area contributed by atoms with Crippen LogP contribution in [0.4, 0.5) is 0 Å². The molecule has 0 saturated carbocycles. The minimum atomic E-state index is 0.840. The Balaban J connectivity index is 4.11. The Labute approximate surface area is 129 Å². The molecule has 0 aliphatic heterocycles. The summed E-state index contributed by atoms with van der Waals surface area (Å²) in [5.41, 5.74) is 0. The molecule has 15 heavy (non-hydrogen) atoms. The van der Waals surface area contributed by atoms with Gasteiger partial charge in [-0.2, -0.15) is 44.7 Å². The van der Waals surface area contributed by atoms with Crippen molar-refractivity contribution < 1.29 is 0 Å². The molecule has 0 N–H and O–H groups in total. The Kier molecular flexibility index (Phi) is 11.5. The van der Waals surface area contributed by atoms with Crippen LogP contribution in [0.25, 0.3) is 0 Å². The second-order valence-electron chi connectivity index (χ2n) is 4.97. The van der Waals surface area contributed by atoms with E-state index in [1.54, 1.807) is 0 Å². The molecule has 0 aromatic rings. The molecule has 0 aliphatic carbocycles. The Morgan fingerprint density at radius 1 is 1.20 bits per heavy atom. The third-order valence-corrected chi connectivity index (χ3v) is 6.08. The van der Waals surface area contributed by atoms with E-state index in [1.165, 1.54) is 33.3 Å². The summed E-state index contributed by atoms with van der Waals surface area (Å²) in [6.07, 6.45) is 0.947. The first-order valence-electron chi connectivity index (χ1n) is 6.22. The van der Waals surface area contributed by atoms with Crippen molar-refractivity contribution in [1.29, 1.82) is 0 Å². The fourth-order valence-electron chi connectivity index (χ4n) is 1.87. The van der Waals surface area contributed by atoms with Gasteiger partial charge in [-0.05, 0) is 0 Å². The highest BCUT2D eigenvalue weighted by Crippen LogP contribution is 1.99. The van der Waals surface area contributed by atoms with Crippen LogP contribution >= 0.6 is 44.7 Å². The summed E-state index contributed by atoms with van der Waals surface area (Å²) < 4.78 is 0.881. The van der Waals surface area contributed by atoms with Gasteiger partial charge in [-0.25, -0.2) is 0 Å². The SMILES string of the molecule is BBB(I)B(BBBI)BB(C)B(C)C. The highest BCUT2D eigenvalue weighted by atomic mass is 127. The smallest absolute Gasteiger partial charge is 0.155 e. The lowest BCUT2D eigenvalue weighted by Crippen LogP contribution is -2.56. The van der Waals surface area contributed by atoms with Crippen molar-refractivity contribution in [2.24, 2.45) is 0 Å². The van der Waals surface area contributed by atoms with Crippen LogP contribution in [0.5, 0.6) is 0 Å². The lowest BCUT2D eigenvalue weighted by atomic mass is 8.69. The molecule has 0 nitrogen and oxygen atoms in total. The van der Waals surface area contributed by atoms with Gasteiger partial charge in [-0.3, -0.25) is 0 Å². The summed E-state index contributed by atoms with van der Waals surface area (Å²) in [6.45, 7) is 8.85. The van der Waals surface area contributed by atoms with Crippen molar-refractivity contribution in [2.75, 3.05) is 0 Å². The van der Waals surface area contributed by atoms with E-state index in [2.05, 4.69) is 73.0 Å². The zero-order chi connectivity index (χ0) is 11.8. The topological polar surface area (TPSA) is 0 Å². The summed E-state index contributed by atoms with van der Waals surface area (Å²) in [6, 6.07) is 0. The minimum Gasteiger partial charge on any atom is -0.173 e. The Morgan fingerprint density at radius 3 is 2.20 bits per heavy atom. The molecule has 0 aromatic heterocycles. The summed E-state index contributed by atoms with van der Waals surface area (Å²) in [4.78, 5) is 0. The van der Waals surface area contributed by atoms with Gasteiger partial charge in [0.2, 0.25) is 0 Å². The van der Waals surface area contributed by atoms with Gasteiger partial charge in [-0.15, -0.1) is 0 Å². The van der Waals surface area contributed by atoms with Crippen LogP contribution in [0.15, 0.2) is 0 Å². The molecule has 0 saturated heterocycles. The van der Waals surface area contributed by atoms with Crippen LogP contribution in [0, 0.1) is 0 Å². The summed E-state index contributed by atoms with van der Waals surface area (Å²) in [5.74, 6) is 0. The van der Waals surface area contributed by atoms with E-state index in [9.17, 15) is 0 Å². The summed E-state index contributed by atoms with van der Waals surface area (Å²) >= 11 is 5.16. The molecule has 0 radical (unpaired) electrons. The zero-order valence-corrected chi connectivity index (χ0v) is 14.9. The van der Waals surface area contributed by atoms with Crippen molar-refractivity contribution in [1.82, 2.24) is 0 Å². The van der Waals surface area contributed by atoms with Crippen molar-refractivity contribution in [3.8, 4) is 0 Å². The molecule has 0 amide bonds. The molecular formula is C3H16B10I2. The van der Waals surface area contributed by atoms with E-state index < -0.39 is 0 Å². The van der Waals surface area contributed by atoms with Gasteiger partial charge in [-0.1, -0.05) is 20.5 Å². The molecule has 0 aliphatic rings. The van der Waals surface area contributed by atoms with Crippen LogP contribution in [-0.4, -0.2) is 64.8 Å². The number of halogens is 2. The van der Waals surface area contributed by atoms with Gasteiger partial charge < -0.3 is 0 Å². The van der Waals surface area contributed by atoms with Gasteiger partial charge in [0.1, 0.15) is 4.35 Å². The Bertz CT molecular complexity index is 156. The third-order valence-electron chi connectivity index (χ3n) is 3.42. The maximum atomic E-state index is 2.66. The van der Waals surface area contributed by atoms with E-state index >= 15 is 0 Å². The number of hydrogen-bond acceptors (Lipinski definition) is 0. The van der Waals surface area contributed by atoms with Crippen LogP contribution in [0.1, 0.15) is 0 Å². The largest absolute Gasteiger partial charge is 0.173 e. The standard InChI is InChI=1S/C3H16B10I2/c1-10(2)11(3)9-12(7-6-8-14)13(15)5-4/h5-9H,4H2,1-3H3. The van der Waals surface area contributed by atoms with E-state index in [4.69, 9.17) is 0 Å². The maximum absolute atomic E-state index is 2.66. The maximum Gasteiger partial charge on any atom is 0.155 e. The van der Waals surface area contributed by atoms with Gasteiger partial charge in [0, 0.05) is 20.5 Å². The average Bonchev–Trinajstić information content (AvgIpc) is 2.22. The number of hydrogen-bond donors (Lipinski definition) is 0. The first-order valence-corrected chi connectivity index (χ1v) is 9.00.